The number of rotatable bonds is 5. The quantitative estimate of drug-likeness (QED) is 0.403. The molecule has 0 radical (unpaired) electrons. The molecule has 0 aliphatic carbocycles. The van der Waals surface area contributed by atoms with Crippen LogP contribution in [0.4, 0.5) is 23.1 Å². The smallest absolute Gasteiger partial charge is 0.347 e. The summed E-state index contributed by atoms with van der Waals surface area (Å²) in [6, 6.07) is 10.5. The molecule has 0 saturated heterocycles. The number of aliphatic imine (C=N–C) groups is 1. The van der Waals surface area contributed by atoms with E-state index in [-0.39, 0.29) is 42.0 Å². The molecule has 1 aliphatic heterocycles. The Balaban J connectivity index is 0.00000256. The highest BCUT2D eigenvalue weighted by Crippen LogP contribution is 2.39. The van der Waals surface area contributed by atoms with Crippen molar-refractivity contribution in [3.8, 4) is 5.75 Å². The van der Waals surface area contributed by atoms with Gasteiger partial charge in [0.2, 0.25) is 5.88 Å². The van der Waals surface area contributed by atoms with Crippen molar-refractivity contribution in [2.45, 2.75) is 6.92 Å². The molecule has 0 amide bonds. The summed E-state index contributed by atoms with van der Waals surface area (Å²) >= 11 is 0. The molecule has 0 spiro atoms. The largest absolute Gasteiger partial charge is 0.504 e. The highest BCUT2D eigenvalue weighted by molar-refractivity contribution is 6.21. The van der Waals surface area contributed by atoms with Crippen molar-refractivity contribution < 1.29 is 19.1 Å². The molecule has 1 aromatic carbocycles. The molecular weight excluding hydrogens is 408 g/mol. The molecule has 3 aromatic rings. The number of aromatic hydroxyl groups is 1. The lowest BCUT2D eigenvalue weighted by molar-refractivity contribution is 0.0524. The minimum Gasteiger partial charge on any atom is -0.504 e. The van der Waals surface area contributed by atoms with Crippen LogP contribution in [0, 0.1) is 0 Å². The third kappa shape index (κ3) is 3.99. The number of carbonyl (C=O) groups is 1. The predicted octanol–water partition coefficient (Wildman–Crippen LogP) is 4.56. The van der Waals surface area contributed by atoms with Crippen molar-refractivity contribution in [2.75, 3.05) is 17.7 Å². The Morgan fingerprint density at radius 1 is 1.30 bits per heavy atom. The number of nitrogens with two attached hydrogens (primary N) is 1. The molecule has 0 bridgehead atoms. The third-order valence-corrected chi connectivity index (χ3v) is 4.27. The first-order valence-electron chi connectivity index (χ1n) is 8.93. The van der Waals surface area contributed by atoms with Crippen LogP contribution in [0.3, 0.4) is 0 Å². The fourth-order valence-corrected chi connectivity index (χ4v) is 2.90. The number of pyridine rings is 1. The number of nitrogens with one attached hydrogen (secondary N) is 1. The van der Waals surface area contributed by atoms with Gasteiger partial charge in [0.15, 0.2) is 22.9 Å². The molecule has 0 atom stereocenters. The van der Waals surface area contributed by atoms with Crippen molar-refractivity contribution in [2.24, 2.45) is 4.99 Å². The van der Waals surface area contributed by atoms with E-state index < -0.39 is 5.97 Å². The summed E-state index contributed by atoms with van der Waals surface area (Å²) in [5.74, 6) is -0.267. The highest BCUT2D eigenvalue weighted by atomic mass is 35.5. The Kier molecular flexibility index (Phi) is 6.08. The number of fused-ring (bicyclic) bond motifs is 1. The van der Waals surface area contributed by atoms with Crippen LogP contribution in [0.2, 0.25) is 0 Å². The van der Waals surface area contributed by atoms with E-state index in [1.165, 1.54) is 0 Å². The Hall–Kier alpha value is -3.78. The maximum absolute atomic E-state index is 12.4. The van der Waals surface area contributed by atoms with Gasteiger partial charge in [0, 0.05) is 34.9 Å². The highest BCUT2D eigenvalue weighted by Gasteiger charge is 2.27. The minimum absolute atomic E-state index is 0. The average Bonchev–Trinajstić information content (AvgIpc) is 3.25. The first-order chi connectivity index (χ1) is 14.1. The Labute approximate surface area is 178 Å². The SMILES string of the molecule is CCOC(=O)c1c(Nc2ccc(N)cc2)oc(C=C2C=Nc3ncccc32)c1O.Cl. The zero-order valence-corrected chi connectivity index (χ0v) is 16.8. The van der Waals surface area contributed by atoms with Gasteiger partial charge in [0.1, 0.15) is 0 Å². The lowest BCUT2D eigenvalue weighted by atomic mass is 10.1. The first-order valence-corrected chi connectivity index (χ1v) is 8.93. The second-order valence-corrected chi connectivity index (χ2v) is 6.22. The van der Waals surface area contributed by atoms with E-state index in [0.29, 0.717) is 22.8 Å². The Bertz CT molecular complexity index is 1140. The van der Waals surface area contributed by atoms with Crippen molar-refractivity contribution in [3.63, 3.8) is 0 Å². The van der Waals surface area contributed by atoms with E-state index in [0.717, 1.165) is 5.56 Å². The molecule has 30 heavy (non-hydrogen) atoms. The number of hydrogen-bond acceptors (Lipinski definition) is 8. The van der Waals surface area contributed by atoms with Crippen LogP contribution in [-0.2, 0) is 4.74 Å². The van der Waals surface area contributed by atoms with Crippen LogP contribution in [0.5, 0.6) is 5.75 Å². The molecule has 0 unspecified atom stereocenters. The molecule has 0 saturated carbocycles. The monoisotopic (exact) mass is 426 g/mol. The summed E-state index contributed by atoms with van der Waals surface area (Å²) in [7, 11) is 0. The number of halogens is 1. The van der Waals surface area contributed by atoms with Crippen molar-refractivity contribution >= 4 is 59.3 Å². The van der Waals surface area contributed by atoms with E-state index in [2.05, 4.69) is 15.3 Å². The van der Waals surface area contributed by atoms with Crippen LogP contribution in [-0.4, -0.2) is 28.9 Å². The summed E-state index contributed by atoms with van der Waals surface area (Å²) < 4.78 is 10.8. The van der Waals surface area contributed by atoms with E-state index in [4.69, 9.17) is 14.9 Å². The predicted molar refractivity (Wildman–Crippen MR) is 118 cm³/mol. The number of furan rings is 1. The minimum atomic E-state index is -0.696. The normalized spacial score (nSPS) is 13.0. The molecule has 1 aliphatic rings. The number of benzene rings is 1. The molecule has 3 heterocycles. The van der Waals surface area contributed by atoms with Gasteiger partial charge in [-0.2, -0.15) is 0 Å². The maximum Gasteiger partial charge on any atom is 0.347 e. The molecule has 8 nitrogen and oxygen atoms in total. The van der Waals surface area contributed by atoms with E-state index >= 15 is 0 Å². The van der Waals surface area contributed by atoms with Crippen LogP contribution in [0.1, 0.15) is 28.6 Å². The summed E-state index contributed by atoms with van der Waals surface area (Å²) in [6.45, 7) is 1.84. The van der Waals surface area contributed by atoms with E-state index in [9.17, 15) is 9.90 Å². The number of ether oxygens (including phenoxy) is 1. The van der Waals surface area contributed by atoms with E-state index in [1.807, 2.05) is 6.07 Å². The van der Waals surface area contributed by atoms with Gasteiger partial charge in [-0.25, -0.2) is 14.8 Å². The van der Waals surface area contributed by atoms with Gasteiger partial charge in [-0.05, 0) is 49.4 Å². The van der Waals surface area contributed by atoms with Crippen LogP contribution < -0.4 is 11.1 Å². The molecule has 154 valence electrons. The summed E-state index contributed by atoms with van der Waals surface area (Å²) in [5, 5.41) is 13.7. The lowest BCUT2D eigenvalue weighted by Gasteiger charge is -2.06. The fraction of sp³-hybridized carbons (Fsp3) is 0.0952. The molecule has 4 rings (SSSR count). The average molecular weight is 427 g/mol. The standard InChI is InChI=1S/C21H18N4O4.ClH/c1-2-28-21(27)17-18(26)16(10-12-11-24-19-15(12)4-3-9-23-19)29-20(17)25-14-7-5-13(22)6-8-14;/h3-11,25-26H,2,22H2,1H3;1H. The Morgan fingerprint density at radius 2 is 2.07 bits per heavy atom. The topological polar surface area (TPSA) is 123 Å². The molecule has 0 fully saturated rings. The Morgan fingerprint density at radius 3 is 2.80 bits per heavy atom. The number of esters is 1. The van der Waals surface area contributed by atoms with Gasteiger partial charge in [-0.15, -0.1) is 12.4 Å². The maximum atomic E-state index is 12.4. The van der Waals surface area contributed by atoms with E-state index in [1.54, 1.807) is 55.7 Å². The van der Waals surface area contributed by atoms with Gasteiger partial charge >= 0.3 is 5.97 Å². The second-order valence-electron chi connectivity index (χ2n) is 6.22. The number of nitrogens with zero attached hydrogens (tertiary/aromatic N) is 2. The number of aromatic nitrogens is 1. The van der Waals surface area contributed by atoms with Crippen LogP contribution in [0.25, 0.3) is 11.6 Å². The van der Waals surface area contributed by atoms with Crippen molar-refractivity contribution in [1.82, 2.24) is 4.98 Å². The third-order valence-electron chi connectivity index (χ3n) is 4.27. The zero-order chi connectivity index (χ0) is 20.4. The van der Waals surface area contributed by atoms with Gasteiger partial charge in [0.05, 0.1) is 6.61 Å². The molecule has 2 aromatic heterocycles. The number of anilines is 3. The summed E-state index contributed by atoms with van der Waals surface area (Å²) in [4.78, 5) is 20.8. The van der Waals surface area contributed by atoms with Gasteiger partial charge in [-0.1, -0.05) is 0 Å². The summed E-state index contributed by atoms with van der Waals surface area (Å²) in [5.41, 5.74) is 8.35. The number of carbonyl (C=O) groups excluding carboxylic acids is 1. The van der Waals surface area contributed by atoms with Crippen LogP contribution in [0.15, 0.2) is 52.0 Å². The molecular formula is C21H19ClN4O4. The number of allylic oxidation sites excluding steroid dienone is 1. The number of hydrogen-bond donors (Lipinski definition) is 3. The lowest BCUT2D eigenvalue weighted by Crippen LogP contribution is -2.06. The first kappa shape index (κ1) is 20.9. The zero-order valence-electron chi connectivity index (χ0n) is 16.0. The van der Waals surface area contributed by atoms with Gasteiger partial charge < -0.3 is 25.3 Å². The van der Waals surface area contributed by atoms with Gasteiger partial charge in [0.25, 0.3) is 0 Å². The van der Waals surface area contributed by atoms with Gasteiger partial charge in [-0.3, -0.25) is 0 Å². The number of nitrogen functional groups attached to an aromatic ring is 1. The fourth-order valence-electron chi connectivity index (χ4n) is 2.90. The van der Waals surface area contributed by atoms with Crippen LogP contribution >= 0.6 is 12.4 Å². The molecule has 9 heteroatoms. The summed E-state index contributed by atoms with van der Waals surface area (Å²) in [6.07, 6.45) is 4.87. The second kappa shape index (κ2) is 8.71. The van der Waals surface area contributed by atoms with Crippen molar-refractivity contribution in [1.29, 1.82) is 0 Å². The molecule has 4 N–H and O–H groups in total. The van der Waals surface area contributed by atoms with Crippen molar-refractivity contribution in [3.05, 3.63) is 59.5 Å².